The molecule has 2 aromatic carbocycles. The molecule has 0 bridgehead atoms. The number of aliphatic hydroxyl groups is 1. The molecule has 1 N–H and O–H groups in total. The third kappa shape index (κ3) is 4.25. The largest absolute Gasteiger partial charge is 0.507 e. The number of likely N-dealkylation sites (N-methyl/N-ethyl adjacent to an activating group) is 1. The van der Waals surface area contributed by atoms with Crippen molar-refractivity contribution in [1.82, 2.24) is 9.80 Å². The van der Waals surface area contributed by atoms with Crippen molar-refractivity contribution >= 4 is 17.4 Å². The van der Waals surface area contributed by atoms with Gasteiger partial charge in [0.05, 0.1) is 11.6 Å². The number of ketones is 1. The Labute approximate surface area is 172 Å². The van der Waals surface area contributed by atoms with E-state index in [1.54, 1.807) is 29.2 Å². The van der Waals surface area contributed by atoms with Gasteiger partial charge in [0.1, 0.15) is 5.76 Å². The number of carbonyl (C=O) groups is 2. The maximum atomic E-state index is 12.9. The molecule has 3 rings (SSSR count). The van der Waals surface area contributed by atoms with E-state index in [0.29, 0.717) is 24.6 Å². The normalized spacial score (nSPS) is 18.8. The molecule has 5 heteroatoms. The van der Waals surface area contributed by atoms with Crippen LogP contribution in [0.1, 0.15) is 42.5 Å². The van der Waals surface area contributed by atoms with Gasteiger partial charge in [-0.05, 0) is 31.1 Å². The third-order valence-electron chi connectivity index (χ3n) is 5.29. The quantitative estimate of drug-likeness (QED) is 0.462. The van der Waals surface area contributed by atoms with E-state index in [1.807, 2.05) is 49.3 Å². The number of carbonyl (C=O) groups excluding carboxylic acids is 2. The first-order valence-electron chi connectivity index (χ1n) is 9.89. The summed E-state index contributed by atoms with van der Waals surface area (Å²) in [5, 5.41) is 10.9. The maximum absolute atomic E-state index is 12.9. The second-order valence-corrected chi connectivity index (χ2v) is 7.98. The first-order chi connectivity index (χ1) is 13.8. The van der Waals surface area contributed by atoms with Crippen LogP contribution in [0.5, 0.6) is 0 Å². The van der Waals surface area contributed by atoms with E-state index in [0.717, 1.165) is 5.56 Å². The van der Waals surface area contributed by atoms with Crippen LogP contribution in [0.15, 0.2) is 60.2 Å². The van der Waals surface area contributed by atoms with Gasteiger partial charge < -0.3 is 14.9 Å². The highest BCUT2D eigenvalue weighted by Gasteiger charge is 2.45. The number of aliphatic hydroxyl groups excluding tert-OH is 1. The number of hydrogen-bond acceptors (Lipinski definition) is 4. The SMILES string of the molecule is CC(C)c1ccc(C2/C(=C(/O)c3ccccc3)C(=O)C(=O)N2CCN(C)C)cc1. The maximum Gasteiger partial charge on any atom is 0.295 e. The molecular weight excluding hydrogens is 364 g/mol. The van der Waals surface area contributed by atoms with Gasteiger partial charge in [-0.1, -0.05) is 68.4 Å². The highest BCUT2D eigenvalue weighted by atomic mass is 16.3. The third-order valence-corrected chi connectivity index (χ3v) is 5.29. The lowest BCUT2D eigenvalue weighted by Crippen LogP contribution is -2.35. The topological polar surface area (TPSA) is 60.9 Å². The van der Waals surface area contributed by atoms with E-state index >= 15 is 0 Å². The van der Waals surface area contributed by atoms with Crippen LogP contribution in [0.3, 0.4) is 0 Å². The molecule has 1 saturated heterocycles. The van der Waals surface area contributed by atoms with Gasteiger partial charge in [-0.2, -0.15) is 0 Å². The van der Waals surface area contributed by atoms with E-state index in [2.05, 4.69) is 13.8 Å². The second kappa shape index (κ2) is 8.62. The minimum absolute atomic E-state index is 0.130. The van der Waals surface area contributed by atoms with Crippen molar-refractivity contribution in [2.45, 2.75) is 25.8 Å². The predicted molar refractivity (Wildman–Crippen MR) is 115 cm³/mol. The Bertz CT molecular complexity index is 915. The van der Waals surface area contributed by atoms with Gasteiger partial charge in [-0.15, -0.1) is 0 Å². The van der Waals surface area contributed by atoms with Crippen molar-refractivity contribution in [2.75, 3.05) is 27.2 Å². The van der Waals surface area contributed by atoms with Gasteiger partial charge >= 0.3 is 0 Å². The standard InChI is InChI=1S/C24H28N2O3/c1-16(2)17-10-12-18(13-11-17)21-20(22(27)19-8-6-5-7-9-19)23(28)24(29)26(21)15-14-25(3)4/h5-13,16,21,27H,14-15H2,1-4H3/b22-20-. The number of benzene rings is 2. The van der Waals surface area contributed by atoms with Gasteiger partial charge in [0, 0.05) is 18.7 Å². The summed E-state index contributed by atoms with van der Waals surface area (Å²) in [7, 11) is 3.85. The first-order valence-corrected chi connectivity index (χ1v) is 9.89. The molecule has 1 heterocycles. The van der Waals surface area contributed by atoms with E-state index < -0.39 is 17.7 Å². The van der Waals surface area contributed by atoms with Crippen LogP contribution >= 0.6 is 0 Å². The highest BCUT2D eigenvalue weighted by Crippen LogP contribution is 2.39. The molecule has 29 heavy (non-hydrogen) atoms. The molecule has 5 nitrogen and oxygen atoms in total. The molecule has 152 valence electrons. The van der Waals surface area contributed by atoms with Crippen LogP contribution in [-0.2, 0) is 9.59 Å². The summed E-state index contributed by atoms with van der Waals surface area (Å²) in [5.74, 6) is -0.951. The Morgan fingerprint density at radius 1 is 1.03 bits per heavy atom. The minimum atomic E-state index is -0.636. The number of hydrogen-bond donors (Lipinski definition) is 1. The fourth-order valence-electron chi connectivity index (χ4n) is 3.58. The monoisotopic (exact) mass is 392 g/mol. The van der Waals surface area contributed by atoms with Crippen molar-refractivity contribution in [3.05, 3.63) is 76.9 Å². The molecule has 0 saturated carbocycles. The molecule has 0 aromatic heterocycles. The molecule has 2 aromatic rings. The number of amides is 1. The Kier molecular flexibility index (Phi) is 6.18. The van der Waals surface area contributed by atoms with E-state index in [-0.39, 0.29) is 11.3 Å². The van der Waals surface area contributed by atoms with Gasteiger partial charge in [0.2, 0.25) is 0 Å². The average molecular weight is 392 g/mol. The van der Waals surface area contributed by atoms with E-state index in [4.69, 9.17) is 0 Å². The van der Waals surface area contributed by atoms with Crippen molar-refractivity contribution in [2.24, 2.45) is 0 Å². The van der Waals surface area contributed by atoms with Crippen LogP contribution < -0.4 is 0 Å². The molecular formula is C24H28N2O3. The van der Waals surface area contributed by atoms with Crippen LogP contribution in [0, 0.1) is 0 Å². The zero-order valence-corrected chi connectivity index (χ0v) is 17.4. The highest BCUT2D eigenvalue weighted by molar-refractivity contribution is 6.46. The summed E-state index contributed by atoms with van der Waals surface area (Å²) < 4.78 is 0. The zero-order chi connectivity index (χ0) is 21.1. The van der Waals surface area contributed by atoms with Crippen LogP contribution in [-0.4, -0.2) is 53.8 Å². The summed E-state index contributed by atoms with van der Waals surface area (Å²) in [4.78, 5) is 29.3. The van der Waals surface area contributed by atoms with Crippen molar-refractivity contribution in [3.8, 4) is 0 Å². The Balaban J connectivity index is 2.11. The molecule has 1 unspecified atom stereocenters. The zero-order valence-electron chi connectivity index (χ0n) is 17.4. The minimum Gasteiger partial charge on any atom is -0.507 e. The smallest absolute Gasteiger partial charge is 0.295 e. The van der Waals surface area contributed by atoms with E-state index in [9.17, 15) is 14.7 Å². The summed E-state index contributed by atoms with van der Waals surface area (Å²) >= 11 is 0. The number of nitrogens with zero attached hydrogens (tertiary/aromatic N) is 2. The van der Waals surface area contributed by atoms with Crippen molar-refractivity contribution in [1.29, 1.82) is 0 Å². The Morgan fingerprint density at radius 2 is 1.66 bits per heavy atom. The molecule has 1 aliphatic rings. The van der Waals surface area contributed by atoms with Crippen LogP contribution in [0.25, 0.3) is 5.76 Å². The molecule has 1 amide bonds. The molecule has 1 aliphatic heterocycles. The predicted octanol–water partition coefficient (Wildman–Crippen LogP) is 3.79. The van der Waals surface area contributed by atoms with Crippen molar-refractivity contribution < 1.29 is 14.7 Å². The summed E-state index contributed by atoms with van der Waals surface area (Å²) in [6.45, 7) is 5.26. The second-order valence-electron chi connectivity index (χ2n) is 7.98. The Morgan fingerprint density at radius 3 is 2.21 bits per heavy atom. The molecule has 0 spiro atoms. The number of likely N-dealkylation sites (tertiary alicyclic amines) is 1. The Hall–Kier alpha value is -2.92. The molecule has 1 fully saturated rings. The summed E-state index contributed by atoms with van der Waals surface area (Å²) in [6.07, 6.45) is 0. The lowest BCUT2D eigenvalue weighted by atomic mass is 9.93. The van der Waals surface area contributed by atoms with Gasteiger partial charge in [0.15, 0.2) is 0 Å². The van der Waals surface area contributed by atoms with Crippen LogP contribution in [0.4, 0.5) is 0 Å². The lowest BCUT2D eigenvalue weighted by molar-refractivity contribution is -0.140. The molecule has 1 atom stereocenters. The van der Waals surface area contributed by atoms with Gasteiger partial charge in [0.25, 0.3) is 11.7 Å². The molecule has 0 radical (unpaired) electrons. The average Bonchev–Trinajstić information content (AvgIpc) is 2.97. The van der Waals surface area contributed by atoms with Gasteiger partial charge in [-0.25, -0.2) is 0 Å². The fraction of sp³-hybridized carbons (Fsp3) is 0.333. The fourth-order valence-corrected chi connectivity index (χ4v) is 3.58. The summed E-state index contributed by atoms with van der Waals surface area (Å²) in [6, 6.07) is 16.3. The number of Topliss-reactive ketones (excluding diaryl/α,β-unsaturated/α-hetero) is 1. The number of rotatable bonds is 6. The van der Waals surface area contributed by atoms with Crippen molar-refractivity contribution in [3.63, 3.8) is 0 Å². The van der Waals surface area contributed by atoms with Gasteiger partial charge in [-0.3, -0.25) is 9.59 Å². The van der Waals surface area contributed by atoms with Crippen LogP contribution in [0.2, 0.25) is 0 Å². The molecule has 0 aliphatic carbocycles. The lowest BCUT2D eigenvalue weighted by Gasteiger charge is -2.27. The summed E-state index contributed by atoms with van der Waals surface area (Å²) in [5.41, 5.74) is 2.69. The first kappa shape index (κ1) is 20.8. The van der Waals surface area contributed by atoms with E-state index in [1.165, 1.54) is 5.56 Å².